The Morgan fingerprint density at radius 1 is 1.52 bits per heavy atom. The molecule has 0 spiro atoms. The van der Waals surface area contributed by atoms with Crippen LogP contribution >= 0.6 is 11.3 Å². The van der Waals surface area contributed by atoms with Crippen LogP contribution in [0.1, 0.15) is 35.6 Å². The topological polar surface area (TPSA) is 65.5 Å². The molecular weight excluding hydrogens is 286 g/mol. The lowest BCUT2D eigenvalue weighted by Gasteiger charge is -2.43. The highest BCUT2D eigenvalue weighted by atomic mass is 32.1. The second kappa shape index (κ2) is 6.42. The van der Waals surface area contributed by atoms with Crippen molar-refractivity contribution >= 4 is 17.3 Å². The van der Waals surface area contributed by atoms with Gasteiger partial charge in [-0.1, -0.05) is 0 Å². The first-order valence-corrected chi connectivity index (χ1v) is 8.52. The zero-order valence-electron chi connectivity index (χ0n) is 12.4. The molecule has 2 aliphatic rings. The van der Waals surface area contributed by atoms with Crippen molar-refractivity contribution in [2.24, 2.45) is 5.92 Å². The number of carbonyl (C=O) groups is 1. The fourth-order valence-corrected chi connectivity index (χ4v) is 3.68. The van der Waals surface area contributed by atoms with Crippen LogP contribution in [0.2, 0.25) is 0 Å². The van der Waals surface area contributed by atoms with E-state index >= 15 is 0 Å². The minimum absolute atomic E-state index is 0.196. The van der Waals surface area contributed by atoms with Gasteiger partial charge in [0.05, 0.1) is 11.6 Å². The third kappa shape index (κ3) is 4.25. The first-order chi connectivity index (χ1) is 10.1. The van der Waals surface area contributed by atoms with Crippen LogP contribution in [0.5, 0.6) is 0 Å². The monoisotopic (exact) mass is 309 g/mol. The van der Waals surface area contributed by atoms with Gasteiger partial charge in [0.15, 0.2) is 0 Å². The van der Waals surface area contributed by atoms with Gasteiger partial charge in [-0.3, -0.25) is 9.69 Å². The molecule has 1 aromatic rings. The van der Waals surface area contributed by atoms with E-state index in [0.717, 1.165) is 36.9 Å². The average Bonchev–Trinajstić information content (AvgIpc) is 3.07. The number of aliphatic carboxylic acids is 1. The summed E-state index contributed by atoms with van der Waals surface area (Å²) in [5.41, 5.74) is 0. The number of hydrogen-bond donors (Lipinski definition) is 2. The number of aromatic nitrogens is 1. The van der Waals surface area contributed by atoms with Crippen LogP contribution in [0, 0.1) is 12.8 Å². The highest BCUT2D eigenvalue weighted by molar-refractivity contribution is 7.11. The van der Waals surface area contributed by atoms with Crippen LogP contribution in [-0.2, 0) is 11.3 Å². The Hall–Kier alpha value is -0.980. The van der Waals surface area contributed by atoms with E-state index in [1.165, 1.54) is 17.7 Å². The van der Waals surface area contributed by atoms with E-state index in [2.05, 4.69) is 15.2 Å². The van der Waals surface area contributed by atoms with E-state index in [0.29, 0.717) is 12.1 Å². The predicted molar refractivity (Wildman–Crippen MR) is 82.4 cm³/mol. The van der Waals surface area contributed by atoms with Gasteiger partial charge < -0.3 is 10.4 Å². The summed E-state index contributed by atoms with van der Waals surface area (Å²) in [4.78, 5) is 18.7. The summed E-state index contributed by atoms with van der Waals surface area (Å²) in [6.45, 7) is 4.07. The fraction of sp³-hybridized carbons (Fsp3) is 0.733. The van der Waals surface area contributed by atoms with Crippen molar-refractivity contribution in [3.8, 4) is 0 Å². The second-order valence-electron chi connectivity index (χ2n) is 6.32. The lowest BCUT2D eigenvalue weighted by atomic mass is 9.85. The number of carboxylic acid groups (broad SMARTS) is 1. The van der Waals surface area contributed by atoms with E-state index in [1.807, 2.05) is 13.1 Å². The van der Waals surface area contributed by atoms with E-state index in [1.54, 1.807) is 11.3 Å². The Balaban J connectivity index is 1.41. The first kappa shape index (κ1) is 14.9. The minimum atomic E-state index is -0.702. The Labute approximate surface area is 129 Å². The van der Waals surface area contributed by atoms with Gasteiger partial charge in [0.1, 0.15) is 0 Å². The minimum Gasteiger partial charge on any atom is -0.480 e. The van der Waals surface area contributed by atoms with Gasteiger partial charge in [0.2, 0.25) is 0 Å². The van der Waals surface area contributed by atoms with E-state index in [4.69, 9.17) is 5.11 Å². The van der Waals surface area contributed by atoms with Gasteiger partial charge in [-0.2, -0.15) is 0 Å². The van der Waals surface area contributed by atoms with Crippen molar-refractivity contribution in [3.05, 3.63) is 16.1 Å². The van der Waals surface area contributed by atoms with Crippen molar-refractivity contribution in [1.82, 2.24) is 15.2 Å². The van der Waals surface area contributed by atoms with Crippen LogP contribution in [0.4, 0.5) is 0 Å². The Bertz CT molecular complexity index is 495. The Morgan fingerprint density at radius 3 is 2.86 bits per heavy atom. The lowest BCUT2D eigenvalue weighted by Crippen LogP contribution is -2.54. The molecule has 0 unspecified atom stereocenters. The molecule has 2 fully saturated rings. The SMILES string of the molecule is Cc1ncc(CNC2CC(N(CC(=O)O)CC3CC3)C2)s1. The molecule has 0 bridgehead atoms. The maximum atomic E-state index is 11.0. The molecule has 3 rings (SSSR count). The molecule has 0 aromatic carbocycles. The molecule has 0 saturated heterocycles. The second-order valence-corrected chi connectivity index (χ2v) is 7.63. The molecule has 116 valence electrons. The summed E-state index contributed by atoms with van der Waals surface area (Å²) in [5, 5.41) is 13.7. The number of hydrogen-bond acceptors (Lipinski definition) is 5. The van der Waals surface area contributed by atoms with Crippen molar-refractivity contribution in [3.63, 3.8) is 0 Å². The van der Waals surface area contributed by atoms with E-state index in [9.17, 15) is 4.79 Å². The fourth-order valence-electron chi connectivity index (χ4n) is 2.93. The number of carboxylic acids is 1. The zero-order valence-corrected chi connectivity index (χ0v) is 13.2. The summed E-state index contributed by atoms with van der Waals surface area (Å²) in [6, 6.07) is 0.968. The Morgan fingerprint density at radius 2 is 2.29 bits per heavy atom. The molecular formula is C15H23N3O2S. The molecule has 21 heavy (non-hydrogen) atoms. The summed E-state index contributed by atoms with van der Waals surface area (Å²) < 4.78 is 0. The molecule has 0 radical (unpaired) electrons. The average molecular weight is 309 g/mol. The quantitative estimate of drug-likeness (QED) is 0.767. The van der Waals surface area contributed by atoms with Gasteiger partial charge in [0, 0.05) is 36.2 Å². The largest absolute Gasteiger partial charge is 0.480 e. The van der Waals surface area contributed by atoms with Crippen LogP contribution in [0.25, 0.3) is 0 Å². The molecule has 5 nitrogen and oxygen atoms in total. The normalized spacial score (nSPS) is 25.0. The molecule has 2 aliphatic carbocycles. The number of rotatable bonds is 8. The summed E-state index contributed by atoms with van der Waals surface area (Å²) in [6.07, 6.45) is 6.62. The number of nitrogens with one attached hydrogen (secondary N) is 1. The summed E-state index contributed by atoms with van der Waals surface area (Å²) in [5.74, 6) is 0.0451. The van der Waals surface area contributed by atoms with E-state index < -0.39 is 5.97 Å². The Kier molecular flexibility index (Phi) is 4.57. The molecule has 0 atom stereocenters. The van der Waals surface area contributed by atoms with Crippen molar-refractivity contribution in [1.29, 1.82) is 0 Å². The van der Waals surface area contributed by atoms with Gasteiger partial charge in [0.25, 0.3) is 0 Å². The maximum Gasteiger partial charge on any atom is 0.317 e. The lowest BCUT2D eigenvalue weighted by molar-refractivity contribution is -0.139. The standard InChI is InChI=1S/C15H23N3O2S/c1-10-16-6-14(21-10)7-17-12-4-13(5-12)18(9-15(19)20)8-11-2-3-11/h6,11-13,17H,2-5,7-9H2,1H3,(H,19,20). The van der Waals surface area contributed by atoms with Crippen LogP contribution in [0.3, 0.4) is 0 Å². The molecule has 6 heteroatoms. The first-order valence-electron chi connectivity index (χ1n) is 7.70. The molecule has 0 aliphatic heterocycles. The smallest absolute Gasteiger partial charge is 0.317 e. The molecule has 2 N–H and O–H groups in total. The van der Waals surface area contributed by atoms with Crippen molar-refractivity contribution in [2.75, 3.05) is 13.1 Å². The highest BCUT2D eigenvalue weighted by Gasteiger charge is 2.36. The van der Waals surface area contributed by atoms with Gasteiger partial charge >= 0.3 is 5.97 Å². The third-order valence-electron chi connectivity index (χ3n) is 4.39. The molecule has 2 saturated carbocycles. The van der Waals surface area contributed by atoms with Crippen LogP contribution < -0.4 is 5.32 Å². The maximum absolute atomic E-state index is 11.0. The predicted octanol–water partition coefficient (Wildman–Crippen LogP) is 1.87. The zero-order chi connectivity index (χ0) is 14.8. The van der Waals surface area contributed by atoms with Crippen LogP contribution in [-0.4, -0.2) is 46.1 Å². The number of thiazole rings is 1. The number of aryl methyl sites for hydroxylation is 1. The summed E-state index contributed by atoms with van der Waals surface area (Å²) >= 11 is 1.73. The van der Waals surface area contributed by atoms with Crippen molar-refractivity contribution in [2.45, 2.75) is 51.2 Å². The third-order valence-corrected chi connectivity index (χ3v) is 5.30. The van der Waals surface area contributed by atoms with Crippen LogP contribution in [0.15, 0.2) is 6.20 Å². The highest BCUT2D eigenvalue weighted by Crippen LogP contribution is 2.33. The molecule has 1 aromatic heterocycles. The molecule has 1 heterocycles. The van der Waals surface area contributed by atoms with Gasteiger partial charge in [-0.25, -0.2) is 4.98 Å². The van der Waals surface area contributed by atoms with Crippen molar-refractivity contribution < 1.29 is 9.90 Å². The van der Waals surface area contributed by atoms with Gasteiger partial charge in [-0.15, -0.1) is 11.3 Å². The molecule has 0 amide bonds. The van der Waals surface area contributed by atoms with Gasteiger partial charge in [-0.05, 0) is 38.5 Å². The van der Waals surface area contributed by atoms with E-state index in [-0.39, 0.29) is 6.54 Å². The number of nitrogens with zero attached hydrogens (tertiary/aromatic N) is 2. The summed E-state index contributed by atoms with van der Waals surface area (Å²) in [7, 11) is 0.